The summed E-state index contributed by atoms with van der Waals surface area (Å²) in [6.45, 7) is 2.04. The van der Waals surface area contributed by atoms with Gasteiger partial charge in [-0.05, 0) is 32.1 Å². The zero-order chi connectivity index (χ0) is 18.8. The SMILES string of the molecule is CCCCCC/C=C\CCCCCCCCCC(=O)N(C)CC(=O)O.[Na]. The molecule has 0 unspecified atom stereocenters. The molecule has 1 N–H and O–H groups in total. The Morgan fingerprint density at radius 2 is 1.27 bits per heavy atom. The van der Waals surface area contributed by atoms with E-state index in [0.29, 0.717) is 6.42 Å². The number of carboxylic acid groups (broad SMARTS) is 1. The minimum atomic E-state index is -0.956. The molecule has 147 valence electrons. The van der Waals surface area contributed by atoms with Crippen LogP contribution < -0.4 is 0 Å². The second-order valence-corrected chi connectivity index (χ2v) is 6.98. The van der Waals surface area contributed by atoms with Crippen LogP contribution in [-0.2, 0) is 9.59 Å². The molecule has 1 radical (unpaired) electrons. The molecule has 0 aliphatic heterocycles. The van der Waals surface area contributed by atoms with Crippen LogP contribution in [0.5, 0.6) is 0 Å². The second-order valence-electron chi connectivity index (χ2n) is 6.98. The van der Waals surface area contributed by atoms with E-state index in [1.807, 2.05) is 0 Å². The van der Waals surface area contributed by atoms with Crippen LogP contribution in [0.25, 0.3) is 0 Å². The van der Waals surface area contributed by atoms with Gasteiger partial charge in [0.15, 0.2) is 0 Å². The Kier molecular flexibility index (Phi) is 22.5. The number of amides is 1. The van der Waals surface area contributed by atoms with Crippen LogP contribution in [0.3, 0.4) is 0 Å². The van der Waals surface area contributed by atoms with Gasteiger partial charge in [0.2, 0.25) is 5.91 Å². The van der Waals surface area contributed by atoms with Crippen molar-refractivity contribution in [2.45, 2.75) is 96.8 Å². The summed E-state index contributed by atoms with van der Waals surface area (Å²) < 4.78 is 0. The Bertz CT molecular complexity index is 372. The van der Waals surface area contributed by atoms with Crippen LogP contribution in [0.4, 0.5) is 0 Å². The summed E-state index contributed by atoms with van der Waals surface area (Å²) in [5.41, 5.74) is 0. The Hall–Kier alpha value is -0.320. The fourth-order valence-corrected chi connectivity index (χ4v) is 2.83. The van der Waals surface area contributed by atoms with E-state index in [4.69, 9.17) is 5.11 Å². The molecule has 5 heteroatoms. The topological polar surface area (TPSA) is 57.6 Å². The zero-order valence-electron chi connectivity index (χ0n) is 17.5. The van der Waals surface area contributed by atoms with Crippen molar-refractivity contribution < 1.29 is 14.7 Å². The van der Waals surface area contributed by atoms with Crippen LogP contribution in [0, 0.1) is 0 Å². The number of carbonyl (C=O) groups excluding carboxylic acids is 1. The summed E-state index contributed by atoms with van der Waals surface area (Å²) in [6, 6.07) is 0. The summed E-state index contributed by atoms with van der Waals surface area (Å²) in [5.74, 6) is -1.02. The van der Waals surface area contributed by atoms with Crippen LogP contribution >= 0.6 is 0 Å². The van der Waals surface area contributed by atoms with Crippen molar-refractivity contribution in [3.05, 3.63) is 12.2 Å². The molecule has 0 saturated heterocycles. The van der Waals surface area contributed by atoms with Crippen molar-refractivity contribution >= 4 is 41.4 Å². The quantitative estimate of drug-likeness (QED) is 0.216. The van der Waals surface area contributed by atoms with Crippen LogP contribution in [0.2, 0.25) is 0 Å². The standard InChI is InChI=1S/C21H39NO3.Na/c1-3-4-5-6-7-8-9-10-11-12-13-14-15-16-17-18-20(23)22(2)19-21(24)25;/h8-9H,3-7,10-19H2,1-2H3,(H,24,25);/b9-8-;. The normalized spacial score (nSPS) is 10.7. The van der Waals surface area contributed by atoms with E-state index >= 15 is 0 Å². The van der Waals surface area contributed by atoms with E-state index in [1.165, 1.54) is 75.5 Å². The summed E-state index contributed by atoms with van der Waals surface area (Å²) in [4.78, 5) is 23.5. The van der Waals surface area contributed by atoms with Crippen molar-refractivity contribution in [1.29, 1.82) is 0 Å². The minimum Gasteiger partial charge on any atom is -0.480 e. The number of allylic oxidation sites excluding steroid dienone is 2. The average Bonchev–Trinajstić information content (AvgIpc) is 2.57. The molecule has 26 heavy (non-hydrogen) atoms. The number of nitrogens with zero attached hydrogens (tertiary/aromatic N) is 1. The van der Waals surface area contributed by atoms with Crippen LogP contribution in [0.15, 0.2) is 12.2 Å². The van der Waals surface area contributed by atoms with E-state index in [0.717, 1.165) is 12.8 Å². The monoisotopic (exact) mass is 376 g/mol. The Morgan fingerprint density at radius 1 is 0.808 bits per heavy atom. The number of rotatable bonds is 17. The molecule has 0 saturated carbocycles. The number of aliphatic carboxylic acids is 1. The smallest absolute Gasteiger partial charge is 0.323 e. The molecular weight excluding hydrogens is 337 g/mol. The van der Waals surface area contributed by atoms with Crippen LogP contribution in [-0.4, -0.2) is 65.0 Å². The van der Waals surface area contributed by atoms with E-state index in [9.17, 15) is 9.59 Å². The summed E-state index contributed by atoms with van der Waals surface area (Å²) in [7, 11) is 1.55. The maximum atomic E-state index is 11.7. The first kappa shape index (κ1) is 27.9. The maximum Gasteiger partial charge on any atom is 0.323 e. The summed E-state index contributed by atoms with van der Waals surface area (Å²) in [6.07, 6.45) is 21.1. The average molecular weight is 377 g/mol. The molecule has 0 rings (SSSR count). The fraction of sp³-hybridized carbons (Fsp3) is 0.810. The third-order valence-electron chi connectivity index (χ3n) is 4.45. The van der Waals surface area contributed by atoms with Crippen molar-refractivity contribution in [3.63, 3.8) is 0 Å². The number of carbonyl (C=O) groups is 2. The number of carboxylic acids is 1. The molecule has 4 nitrogen and oxygen atoms in total. The molecule has 0 aliphatic carbocycles. The van der Waals surface area contributed by atoms with Gasteiger partial charge in [-0.25, -0.2) is 0 Å². The van der Waals surface area contributed by atoms with Crippen molar-refractivity contribution in [1.82, 2.24) is 4.90 Å². The molecule has 0 bridgehead atoms. The molecule has 0 fully saturated rings. The first-order chi connectivity index (χ1) is 12.1. The van der Waals surface area contributed by atoms with Crippen LogP contribution in [0.1, 0.15) is 96.8 Å². The van der Waals surface area contributed by atoms with Gasteiger partial charge in [-0.15, -0.1) is 0 Å². The zero-order valence-corrected chi connectivity index (χ0v) is 19.5. The summed E-state index contributed by atoms with van der Waals surface area (Å²) in [5, 5.41) is 8.64. The van der Waals surface area contributed by atoms with Gasteiger partial charge in [0.05, 0.1) is 0 Å². The van der Waals surface area contributed by atoms with Gasteiger partial charge in [0.1, 0.15) is 6.54 Å². The van der Waals surface area contributed by atoms with Gasteiger partial charge in [-0.1, -0.05) is 70.4 Å². The Morgan fingerprint density at radius 3 is 1.77 bits per heavy atom. The van der Waals surface area contributed by atoms with Gasteiger partial charge in [0.25, 0.3) is 0 Å². The van der Waals surface area contributed by atoms with E-state index < -0.39 is 5.97 Å². The molecule has 0 aromatic carbocycles. The van der Waals surface area contributed by atoms with Gasteiger partial charge in [0, 0.05) is 43.0 Å². The van der Waals surface area contributed by atoms with Gasteiger partial charge >= 0.3 is 5.97 Å². The number of hydrogen-bond acceptors (Lipinski definition) is 2. The van der Waals surface area contributed by atoms with E-state index in [-0.39, 0.29) is 42.0 Å². The first-order valence-electron chi connectivity index (χ1n) is 10.2. The molecule has 0 aromatic rings. The third kappa shape index (κ3) is 20.0. The number of hydrogen-bond donors (Lipinski definition) is 1. The predicted octanol–water partition coefficient (Wildman–Crippen LogP) is 5.19. The number of unbranched alkanes of at least 4 members (excludes halogenated alkanes) is 11. The van der Waals surface area contributed by atoms with E-state index in [1.54, 1.807) is 7.05 Å². The predicted molar refractivity (Wildman–Crippen MR) is 110 cm³/mol. The molecule has 0 heterocycles. The van der Waals surface area contributed by atoms with Gasteiger partial charge in [-0.2, -0.15) is 0 Å². The van der Waals surface area contributed by atoms with Crippen molar-refractivity contribution in [2.24, 2.45) is 0 Å². The van der Waals surface area contributed by atoms with Crippen molar-refractivity contribution in [2.75, 3.05) is 13.6 Å². The summed E-state index contributed by atoms with van der Waals surface area (Å²) >= 11 is 0. The number of likely N-dealkylation sites (N-methyl/N-ethyl adjacent to an activating group) is 1. The van der Waals surface area contributed by atoms with Gasteiger partial charge in [-0.3, -0.25) is 9.59 Å². The fourth-order valence-electron chi connectivity index (χ4n) is 2.83. The largest absolute Gasteiger partial charge is 0.480 e. The molecular formula is C21H39NNaO3. The Balaban J connectivity index is 0. The second kappa shape index (κ2) is 21.0. The first-order valence-corrected chi connectivity index (χ1v) is 10.2. The molecule has 0 atom stereocenters. The minimum absolute atomic E-state index is 0. The molecule has 1 amide bonds. The van der Waals surface area contributed by atoms with Gasteiger partial charge < -0.3 is 10.0 Å². The Labute approximate surface area is 183 Å². The van der Waals surface area contributed by atoms with E-state index in [2.05, 4.69) is 19.1 Å². The van der Waals surface area contributed by atoms with Crippen molar-refractivity contribution in [3.8, 4) is 0 Å². The maximum absolute atomic E-state index is 11.7. The third-order valence-corrected chi connectivity index (χ3v) is 4.45. The molecule has 0 aromatic heterocycles. The molecule has 0 spiro atoms. The molecule has 0 aliphatic rings.